The smallest absolute Gasteiger partial charge is 0.265 e. The van der Waals surface area contributed by atoms with Crippen LogP contribution in [0.3, 0.4) is 0 Å². The third-order valence-corrected chi connectivity index (χ3v) is 5.51. The van der Waals surface area contributed by atoms with Gasteiger partial charge in [-0.05, 0) is 61.9 Å². The largest absolute Gasteiger partial charge is 0.481 e. The summed E-state index contributed by atoms with van der Waals surface area (Å²) < 4.78 is 33.0. The van der Waals surface area contributed by atoms with E-state index in [-0.39, 0.29) is 10.8 Å². The monoisotopic (exact) mass is 411 g/mol. The zero-order valence-corrected chi connectivity index (χ0v) is 16.8. The van der Waals surface area contributed by atoms with Crippen molar-refractivity contribution in [1.82, 2.24) is 4.98 Å². The van der Waals surface area contributed by atoms with Crippen molar-refractivity contribution in [2.75, 3.05) is 10.0 Å². The van der Waals surface area contributed by atoms with Gasteiger partial charge in [-0.3, -0.25) is 14.5 Å². The van der Waals surface area contributed by atoms with E-state index in [1.54, 1.807) is 31.3 Å². The maximum atomic E-state index is 12.4. The lowest BCUT2D eigenvalue weighted by atomic mass is 10.2. The average molecular weight is 411 g/mol. The zero-order valence-electron chi connectivity index (χ0n) is 16.0. The Morgan fingerprint density at radius 3 is 2.38 bits per heavy atom. The number of aryl methyl sites for hydroxylation is 1. The molecule has 0 saturated carbocycles. The first-order chi connectivity index (χ1) is 13.8. The van der Waals surface area contributed by atoms with E-state index in [9.17, 15) is 13.2 Å². The number of ether oxygens (including phenoxy) is 1. The zero-order chi connectivity index (χ0) is 20.9. The number of hydrogen-bond donors (Lipinski definition) is 2. The number of benzene rings is 2. The molecule has 8 heteroatoms. The number of anilines is 2. The van der Waals surface area contributed by atoms with E-state index in [2.05, 4.69) is 15.0 Å². The van der Waals surface area contributed by atoms with Gasteiger partial charge in [-0.15, -0.1) is 0 Å². The first kappa shape index (κ1) is 20.3. The third-order valence-electron chi connectivity index (χ3n) is 4.11. The number of amides is 1. The second-order valence-corrected chi connectivity index (χ2v) is 8.07. The lowest BCUT2D eigenvalue weighted by molar-refractivity contribution is -0.122. The Hall–Kier alpha value is -3.39. The summed E-state index contributed by atoms with van der Waals surface area (Å²) in [6.07, 6.45) is 2.26. The highest BCUT2D eigenvalue weighted by Gasteiger charge is 2.17. The average Bonchev–Trinajstić information content (AvgIpc) is 2.70. The van der Waals surface area contributed by atoms with Crippen LogP contribution in [0.2, 0.25) is 0 Å². The highest BCUT2D eigenvalue weighted by molar-refractivity contribution is 7.92. The number of carbonyl (C=O) groups is 1. The molecular weight excluding hydrogens is 390 g/mol. The van der Waals surface area contributed by atoms with Gasteiger partial charge in [-0.1, -0.05) is 18.2 Å². The van der Waals surface area contributed by atoms with E-state index < -0.39 is 16.1 Å². The molecule has 0 aliphatic carbocycles. The first-order valence-electron chi connectivity index (χ1n) is 8.91. The van der Waals surface area contributed by atoms with Crippen molar-refractivity contribution >= 4 is 27.3 Å². The van der Waals surface area contributed by atoms with Gasteiger partial charge in [0.15, 0.2) is 6.10 Å². The van der Waals surface area contributed by atoms with E-state index in [4.69, 9.17) is 4.74 Å². The Bertz CT molecular complexity index is 1080. The molecule has 2 N–H and O–H groups in total. The molecule has 2 aromatic carbocycles. The van der Waals surface area contributed by atoms with Gasteiger partial charge in [0.25, 0.3) is 15.9 Å². The molecule has 29 heavy (non-hydrogen) atoms. The highest BCUT2D eigenvalue weighted by atomic mass is 32.2. The number of aromatic nitrogens is 1. The van der Waals surface area contributed by atoms with E-state index in [0.717, 1.165) is 5.56 Å². The summed E-state index contributed by atoms with van der Waals surface area (Å²) in [4.78, 5) is 16.3. The summed E-state index contributed by atoms with van der Waals surface area (Å²) in [7, 11) is -3.75. The highest BCUT2D eigenvalue weighted by Crippen LogP contribution is 2.20. The van der Waals surface area contributed by atoms with Crippen LogP contribution < -0.4 is 14.8 Å². The minimum Gasteiger partial charge on any atom is -0.481 e. The lowest BCUT2D eigenvalue weighted by Crippen LogP contribution is -2.30. The van der Waals surface area contributed by atoms with Crippen LogP contribution in [0, 0.1) is 6.92 Å². The Balaban J connectivity index is 1.64. The second kappa shape index (κ2) is 8.74. The van der Waals surface area contributed by atoms with E-state index in [0.29, 0.717) is 17.1 Å². The van der Waals surface area contributed by atoms with Gasteiger partial charge in [0, 0.05) is 11.9 Å². The number of nitrogens with zero attached hydrogens (tertiary/aromatic N) is 1. The van der Waals surface area contributed by atoms with Gasteiger partial charge >= 0.3 is 0 Å². The van der Waals surface area contributed by atoms with Crippen LogP contribution in [0.25, 0.3) is 0 Å². The lowest BCUT2D eigenvalue weighted by Gasteiger charge is -2.16. The first-order valence-corrected chi connectivity index (χ1v) is 10.4. The Labute approximate surface area is 169 Å². The molecule has 0 spiro atoms. The van der Waals surface area contributed by atoms with Gasteiger partial charge < -0.3 is 10.1 Å². The maximum Gasteiger partial charge on any atom is 0.265 e. The predicted molar refractivity (Wildman–Crippen MR) is 111 cm³/mol. The van der Waals surface area contributed by atoms with Gasteiger partial charge in [0.1, 0.15) is 5.75 Å². The topological polar surface area (TPSA) is 97.4 Å². The molecule has 1 amide bonds. The molecule has 150 valence electrons. The summed E-state index contributed by atoms with van der Waals surface area (Å²) in [6.45, 7) is 3.55. The number of para-hydroxylation sites is 1. The third kappa shape index (κ3) is 5.32. The molecule has 3 rings (SSSR count). The van der Waals surface area contributed by atoms with E-state index in [1.807, 2.05) is 25.1 Å². The van der Waals surface area contributed by atoms with Crippen molar-refractivity contribution < 1.29 is 17.9 Å². The van der Waals surface area contributed by atoms with Gasteiger partial charge in [-0.2, -0.15) is 0 Å². The van der Waals surface area contributed by atoms with Crippen molar-refractivity contribution in [2.24, 2.45) is 0 Å². The van der Waals surface area contributed by atoms with Crippen molar-refractivity contribution in [3.05, 3.63) is 78.6 Å². The minimum atomic E-state index is -3.75. The molecular formula is C21H21N3O4S. The summed E-state index contributed by atoms with van der Waals surface area (Å²) in [6, 6.07) is 16.6. The number of nitrogens with one attached hydrogen (secondary N) is 2. The molecule has 7 nitrogen and oxygen atoms in total. The molecule has 3 aromatic rings. The predicted octanol–water partition coefficient (Wildman–Crippen LogP) is 3.60. The molecule has 0 aliphatic rings. The van der Waals surface area contributed by atoms with E-state index >= 15 is 0 Å². The molecule has 0 bridgehead atoms. The summed E-state index contributed by atoms with van der Waals surface area (Å²) in [5.41, 5.74) is 1.77. The number of rotatable bonds is 7. The van der Waals surface area contributed by atoms with Crippen LogP contribution in [0.5, 0.6) is 5.75 Å². The molecule has 0 aliphatic heterocycles. The Morgan fingerprint density at radius 1 is 1.00 bits per heavy atom. The van der Waals surface area contributed by atoms with Crippen LogP contribution in [-0.4, -0.2) is 25.4 Å². The second-order valence-electron chi connectivity index (χ2n) is 6.39. The van der Waals surface area contributed by atoms with Crippen molar-refractivity contribution in [1.29, 1.82) is 0 Å². The molecule has 1 heterocycles. The number of sulfonamides is 1. The summed E-state index contributed by atoms with van der Waals surface area (Å²) in [5, 5.41) is 2.72. The molecule has 1 aromatic heterocycles. The van der Waals surface area contributed by atoms with Gasteiger partial charge in [-0.25, -0.2) is 8.42 Å². The fourth-order valence-corrected chi connectivity index (χ4v) is 3.57. The van der Waals surface area contributed by atoms with Gasteiger partial charge in [0.05, 0.1) is 16.8 Å². The molecule has 1 atom stereocenters. The van der Waals surface area contributed by atoms with Crippen LogP contribution in [-0.2, 0) is 14.8 Å². The SMILES string of the molecule is Cc1ccccc1O[C@H](C)C(=O)Nc1ccc(S(=O)(=O)Nc2cccnc2)cc1. The minimum absolute atomic E-state index is 0.0727. The van der Waals surface area contributed by atoms with Crippen molar-refractivity contribution in [3.63, 3.8) is 0 Å². The van der Waals surface area contributed by atoms with Crippen LogP contribution in [0.15, 0.2) is 78.0 Å². The fourth-order valence-electron chi connectivity index (χ4n) is 2.53. The molecule has 0 fully saturated rings. The van der Waals surface area contributed by atoms with Crippen molar-refractivity contribution in [3.8, 4) is 5.75 Å². The van der Waals surface area contributed by atoms with Crippen LogP contribution >= 0.6 is 0 Å². The Morgan fingerprint density at radius 2 is 1.72 bits per heavy atom. The maximum absolute atomic E-state index is 12.4. The van der Waals surface area contributed by atoms with E-state index in [1.165, 1.54) is 30.5 Å². The fraction of sp³-hybridized carbons (Fsp3) is 0.143. The number of pyridine rings is 1. The van der Waals surface area contributed by atoms with Crippen molar-refractivity contribution in [2.45, 2.75) is 24.8 Å². The molecule has 0 radical (unpaired) electrons. The molecule has 0 saturated heterocycles. The van der Waals surface area contributed by atoms with Gasteiger partial charge in [0.2, 0.25) is 0 Å². The Kier molecular flexibility index (Phi) is 6.13. The molecule has 0 unspecified atom stereocenters. The standard InChI is InChI=1S/C21H21N3O4S/c1-15-6-3-4-8-20(15)28-16(2)21(25)23-17-9-11-19(12-10-17)29(26,27)24-18-7-5-13-22-14-18/h3-14,16,24H,1-2H3,(H,23,25)/t16-/m1/s1. The van der Waals surface area contributed by atoms with Crippen LogP contribution in [0.1, 0.15) is 12.5 Å². The quantitative estimate of drug-likeness (QED) is 0.619. The normalized spacial score (nSPS) is 12.1. The van der Waals surface area contributed by atoms with Crippen LogP contribution in [0.4, 0.5) is 11.4 Å². The summed E-state index contributed by atoms with van der Waals surface area (Å²) in [5.74, 6) is 0.301. The number of carbonyl (C=O) groups excluding carboxylic acids is 1. The number of hydrogen-bond acceptors (Lipinski definition) is 5. The summed E-state index contributed by atoms with van der Waals surface area (Å²) >= 11 is 0.